The number of hydrogen-bond acceptors (Lipinski definition) is 4. The Morgan fingerprint density at radius 1 is 1.03 bits per heavy atom. The van der Waals surface area contributed by atoms with Gasteiger partial charge >= 0.3 is 0 Å². The number of carbonyl (C=O) groups excluding carboxylic acids is 2. The molecule has 1 unspecified atom stereocenters. The summed E-state index contributed by atoms with van der Waals surface area (Å²) in [7, 11) is 0. The molecule has 0 N–H and O–H groups in total. The monoisotopic (exact) mass is 499 g/mol. The number of benzene rings is 2. The van der Waals surface area contributed by atoms with Crippen LogP contribution >= 0.6 is 35.0 Å². The topological polar surface area (TPSA) is 64.4 Å². The van der Waals surface area contributed by atoms with Gasteiger partial charge in [-0.25, -0.2) is 0 Å². The predicted octanol–water partition coefficient (Wildman–Crippen LogP) is 5.82. The highest BCUT2D eigenvalue weighted by Crippen LogP contribution is 2.43. The largest absolute Gasteiger partial charge is 0.338 e. The van der Waals surface area contributed by atoms with Crippen LogP contribution in [-0.4, -0.2) is 35.1 Å². The Morgan fingerprint density at radius 2 is 1.73 bits per heavy atom. The van der Waals surface area contributed by atoms with E-state index in [1.54, 1.807) is 29.2 Å². The Hall–Kier alpha value is -2.46. The smallest absolute Gasteiger partial charge is 0.267 e. The number of hydrogen-bond donors (Lipinski definition) is 0. The number of amides is 2. The van der Waals surface area contributed by atoms with E-state index in [2.05, 4.69) is 6.07 Å². The van der Waals surface area contributed by atoms with Crippen molar-refractivity contribution in [1.29, 1.82) is 5.26 Å². The van der Waals surface area contributed by atoms with Gasteiger partial charge in [0.15, 0.2) is 0 Å². The minimum absolute atomic E-state index is 0.0128. The van der Waals surface area contributed by atoms with Gasteiger partial charge in [0.1, 0.15) is 16.7 Å². The van der Waals surface area contributed by atoms with Gasteiger partial charge in [0.25, 0.3) is 5.91 Å². The Balaban J connectivity index is 1.73. The lowest BCUT2D eigenvalue weighted by atomic mass is 10.1. The van der Waals surface area contributed by atoms with Crippen molar-refractivity contribution in [2.24, 2.45) is 0 Å². The molecular formula is C25H23Cl2N3O2S. The van der Waals surface area contributed by atoms with Gasteiger partial charge in [-0.3, -0.25) is 14.5 Å². The van der Waals surface area contributed by atoms with Crippen LogP contribution in [-0.2, 0) is 16.0 Å². The second kappa shape index (κ2) is 10.6. The first-order valence-corrected chi connectivity index (χ1v) is 12.6. The van der Waals surface area contributed by atoms with E-state index in [-0.39, 0.29) is 17.4 Å². The van der Waals surface area contributed by atoms with Gasteiger partial charge in [-0.2, -0.15) is 5.26 Å². The Labute approximate surface area is 207 Å². The molecule has 0 saturated carbocycles. The third-order valence-corrected chi connectivity index (χ3v) is 7.96. The quantitative estimate of drug-likeness (QED) is 0.392. The summed E-state index contributed by atoms with van der Waals surface area (Å²) in [6.07, 6.45) is 4.34. The van der Waals surface area contributed by atoms with Gasteiger partial charge < -0.3 is 4.90 Å². The molecule has 2 fully saturated rings. The lowest BCUT2D eigenvalue weighted by Crippen LogP contribution is -2.35. The van der Waals surface area contributed by atoms with E-state index in [0.29, 0.717) is 40.3 Å². The Morgan fingerprint density at radius 3 is 2.39 bits per heavy atom. The molecule has 2 aliphatic heterocycles. The van der Waals surface area contributed by atoms with E-state index in [1.807, 2.05) is 24.3 Å². The standard InChI is InChI=1S/C25H23Cl2N3O2S/c26-20-12-8-9-17(22(20)27)15-21-24(32)30(18-10-4-3-5-11-18)25(33-21)19(16-28)23(31)29-13-6-1-2-7-14-29/h3-5,8-12,21H,1-2,6-7,13-15H2/b25-19+. The van der Waals surface area contributed by atoms with Gasteiger partial charge in [-0.15, -0.1) is 0 Å². The van der Waals surface area contributed by atoms with Crippen molar-refractivity contribution in [3.63, 3.8) is 0 Å². The molecule has 170 valence electrons. The van der Waals surface area contributed by atoms with Gasteiger partial charge in [0.2, 0.25) is 5.91 Å². The highest BCUT2D eigenvalue weighted by atomic mass is 35.5. The molecule has 1 atom stereocenters. The number of rotatable bonds is 4. The highest BCUT2D eigenvalue weighted by molar-refractivity contribution is 8.05. The van der Waals surface area contributed by atoms with Crippen LogP contribution in [0.15, 0.2) is 59.1 Å². The molecule has 2 aromatic carbocycles. The maximum atomic E-state index is 13.6. The number of nitrogens with zero attached hydrogens (tertiary/aromatic N) is 3. The summed E-state index contributed by atoms with van der Waals surface area (Å²) >= 11 is 13.8. The van der Waals surface area contributed by atoms with E-state index >= 15 is 0 Å². The molecule has 33 heavy (non-hydrogen) atoms. The van der Waals surface area contributed by atoms with E-state index in [1.165, 1.54) is 16.7 Å². The summed E-state index contributed by atoms with van der Waals surface area (Å²) in [5.41, 5.74) is 1.39. The molecule has 0 aliphatic carbocycles. The van der Waals surface area contributed by atoms with Crippen molar-refractivity contribution in [3.8, 4) is 6.07 Å². The van der Waals surface area contributed by atoms with E-state index in [9.17, 15) is 14.9 Å². The zero-order chi connectivity index (χ0) is 23.4. The number of likely N-dealkylation sites (tertiary alicyclic amines) is 1. The fourth-order valence-corrected chi connectivity index (χ4v) is 5.82. The van der Waals surface area contributed by atoms with Crippen molar-refractivity contribution in [1.82, 2.24) is 4.90 Å². The Bertz CT molecular complexity index is 1120. The fraction of sp³-hybridized carbons (Fsp3) is 0.320. The summed E-state index contributed by atoms with van der Waals surface area (Å²) in [6, 6.07) is 16.6. The summed E-state index contributed by atoms with van der Waals surface area (Å²) < 4.78 is 0. The molecule has 2 amide bonds. The third-order valence-electron chi connectivity index (χ3n) is 5.84. The van der Waals surface area contributed by atoms with E-state index < -0.39 is 5.25 Å². The highest BCUT2D eigenvalue weighted by Gasteiger charge is 2.41. The van der Waals surface area contributed by atoms with Crippen LogP contribution in [0.25, 0.3) is 0 Å². The summed E-state index contributed by atoms with van der Waals surface area (Å²) in [5.74, 6) is -0.495. The molecule has 0 spiro atoms. The van der Waals surface area contributed by atoms with E-state index in [4.69, 9.17) is 23.2 Å². The van der Waals surface area contributed by atoms with Crippen LogP contribution in [0.3, 0.4) is 0 Å². The number of halogens is 2. The first kappa shape index (κ1) is 23.7. The molecule has 2 saturated heterocycles. The number of para-hydroxylation sites is 1. The average Bonchev–Trinajstić information content (AvgIpc) is 2.98. The Kier molecular flexibility index (Phi) is 7.64. The second-order valence-corrected chi connectivity index (χ2v) is 10.0. The van der Waals surface area contributed by atoms with Gasteiger partial charge in [0.05, 0.1) is 15.3 Å². The van der Waals surface area contributed by atoms with Crippen molar-refractivity contribution >= 4 is 52.5 Å². The molecule has 0 radical (unpaired) electrons. The van der Waals surface area contributed by atoms with Gasteiger partial charge in [-0.05, 0) is 43.0 Å². The predicted molar refractivity (Wildman–Crippen MR) is 133 cm³/mol. The first-order valence-electron chi connectivity index (χ1n) is 10.9. The van der Waals surface area contributed by atoms with Gasteiger partial charge in [-0.1, -0.05) is 78.1 Å². The number of anilines is 1. The molecule has 0 bridgehead atoms. The molecule has 5 nitrogen and oxygen atoms in total. The molecule has 0 aromatic heterocycles. The van der Waals surface area contributed by atoms with Crippen molar-refractivity contribution in [2.75, 3.05) is 18.0 Å². The summed E-state index contributed by atoms with van der Waals surface area (Å²) in [5, 5.41) is 10.7. The SMILES string of the molecule is N#C/C(C(=O)N1CCCCCC1)=C1\SC(Cc2cccc(Cl)c2Cl)C(=O)N1c1ccccc1. The fourth-order valence-electron chi connectivity index (χ4n) is 4.13. The lowest BCUT2D eigenvalue weighted by Gasteiger charge is -2.23. The van der Waals surface area contributed by atoms with Crippen molar-refractivity contribution in [3.05, 3.63) is 74.7 Å². The maximum absolute atomic E-state index is 13.6. The zero-order valence-electron chi connectivity index (χ0n) is 18.0. The first-order chi connectivity index (χ1) is 16.0. The minimum atomic E-state index is -0.531. The van der Waals surface area contributed by atoms with Crippen LogP contribution in [0.2, 0.25) is 10.0 Å². The number of thioether (sulfide) groups is 1. The minimum Gasteiger partial charge on any atom is -0.338 e. The maximum Gasteiger partial charge on any atom is 0.267 e. The van der Waals surface area contributed by atoms with Crippen LogP contribution in [0.1, 0.15) is 31.2 Å². The summed E-state index contributed by atoms with van der Waals surface area (Å²) in [6.45, 7) is 1.26. The molecule has 2 aliphatic rings. The number of nitriles is 1. The lowest BCUT2D eigenvalue weighted by molar-refractivity contribution is -0.126. The van der Waals surface area contributed by atoms with Crippen LogP contribution in [0.4, 0.5) is 5.69 Å². The van der Waals surface area contributed by atoms with Crippen LogP contribution < -0.4 is 4.90 Å². The molecule has 2 heterocycles. The van der Waals surface area contributed by atoms with Crippen LogP contribution in [0, 0.1) is 11.3 Å². The normalized spacial score (nSPS) is 20.4. The average molecular weight is 500 g/mol. The zero-order valence-corrected chi connectivity index (χ0v) is 20.3. The van der Waals surface area contributed by atoms with Gasteiger partial charge in [0, 0.05) is 18.8 Å². The van der Waals surface area contributed by atoms with Crippen molar-refractivity contribution < 1.29 is 9.59 Å². The summed E-state index contributed by atoms with van der Waals surface area (Å²) in [4.78, 5) is 30.2. The molecule has 8 heteroatoms. The number of carbonyl (C=O) groups is 2. The van der Waals surface area contributed by atoms with Crippen LogP contribution in [0.5, 0.6) is 0 Å². The van der Waals surface area contributed by atoms with Crippen molar-refractivity contribution in [2.45, 2.75) is 37.4 Å². The third kappa shape index (κ3) is 5.06. The van der Waals surface area contributed by atoms with E-state index in [0.717, 1.165) is 31.2 Å². The second-order valence-electron chi connectivity index (χ2n) is 8.03. The molecule has 2 aromatic rings. The molecular weight excluding hydrogens is 477 g/mol. The molecule has 4 rings (SSSR count).